The molecule has 0 spiro atoms. The molecule has 0 radical (unpaired) electrons. The number of pyridine rings is 1. The van der Waals surface area contributed by atoms with Crippen LogP contribution < -0.4 is 15.4 Å². The van der Waals surface area contributed by atoms with E-state index in [-0.39, 0.29) is 11.5 Å². The summed E-state index contributed by atoms with van der Waals surface area (Å²) in [6.07, 6.45) is 1.69. The van der Waals surface area contributed by atoms with E-state index in [1.165, 1.54) is 33.5 Å². The predicted octanol–water partition coefficient (Wildman–Crippen LogP) is 5.92. The molecule has 1 atom stereocenters. The third-order valence-corrected chi connectivity index (χ3v) is 5.44. The van der Waals surface area contributed by atoms with Crippen LogP contribution in [0.25, 0.3) is 10.8 Å². The number of benzene rings is 3. The van der Waals surface area contributed by atoms with E-state index in [0.29, 0.717) is 23.6 Å². The summed E-state index contributed by atoms with van der Waals surface area (Å²) in [4.78, 5) is 16.9. The number of ether oxygens (including phenoxy) is 1. The van der Waals surface area contributed by atoms with Crippen LogP contribution in [0.4, 0.5) is 14.5 Å². The number of amides is 1. The quantitative estimate of drug-likeness (QED) is 0.333. The minimum absolute atomic E-state index is 0.110. The molecule has 0 saturated heterocycles. The fourth-order valence-corrected chi connectivity index (χ4v) is 3.55. The van der Waals surface area contributed by atoms with Crippen LogP contribution in [0.2, 0.25) is 0 Å². The Bertz CT molecular complexity index is 1290. The Morgan fingerprint density at radius 1 is 1.06 bits per heavy atom. The van der Waals surface area contributed by atoms with Gasteiger partial charge in [-0.2, -0.15) is 8.78 Å². The van der Waals surface area contributed by atoms with Gasteiger partial charge in [-0.1, -0.05) is 21.4 Å². The van der Waals surface area contributed by atoms with Crippen molar-refractivity contribution in [3.05, 3.63) is 95.8 Å². The lowest BCUT2D eigenvalue weighted by molar-refractivity contribution is 0.0950. The van der Waals surface area contributed by atoms with Gasteiger partial charge in [-0.05, 0) is 66.0 Å². The van der Waals surface area contributed by atoms with Gasteiger partial charge in [0.05, 0.1) is 12.2 Å². The number of nitrogens with zero attached hydrogens (tertiary/aromatic N) is 1. The van der Waals surface area contributed by atoms with Gasteiger partial charge < -0.3 is 15.4 Å². The van der Waals surface area contributed by atoms with Gasteiger partial charge in [0, 0.05) is 35.4 Å². The smallest absolute Gasteiger partial charge is 0.283 e. The Labute approximate surface area is 192 Å². The van der Waals surface area contributed by atoms with Crippen molar-refractivity contribution in [1.29, 1.82) is 0 Å². The van der Waals surface area contributed by atoms with E-state index < -0.39 is 5.66 Å². The van der Waals surface area contributed by atoms with Crippen molar-refractivity contribution in [2.45, 2.75) is 12.2 Å². The van der Waals surface area contributed by atoms with Crippen molar-refractivity contribution in [1.82, 2.24) is 10.3 Å². The van der Waals surface area contributed by atoms with Gasteiger partial charge in [0.25, 0.3) is 11.6 Å². The number of aromatic nitrogens is 1. The molecule has 1 unspecified atom stereocenters. The average Bonchev–Trinajstić information content (AvgIpc) is 2.82. The molecule has 4 aromatic rings. The van der Waals surface area contributed by atoms with Crippen molar-refractivity contribution in [2.75, 3.05) is 12.4 Å². The number of carbonyl (C=O) groups excluding carboxylic acids is 1. The predicted molar refractivity (Wildman–Crippen MR) is 129 cm³/mol. The van der Waals surface area contributed by atoms with Crippen LogP contribution in [0.3, 0.4) is 0 Å². The summed E-state index contributed by atoms with van der Waals surface area (Å²) >= 11 is 0. The third kappa shape index (κ3) is 5.44. The molecule has 0 fully saturated rings. The molecule has 0 aliphatic carbocycles. The maximum absolute atomic E-state index is 13.4. The van der Waals surface area contributed by atoms with Crippen molar-refractivity contribution >= 4 is 31.6 Å². The fraction of sp³-hybridized carbons (Fsp3) is 0.120. The molecular weight excluding hydrogens is 443 g/mol. The number of alkyl halides is 2. The molecule has 4 rings (SSSR count). The summed E-state index contributed by atoms with van der Waals surface area (Å²) in [6, 6.07) is 20.2. The summed E-state index contributed by atoms with van der Waals surface area (Å²) in [5, 5.41) is 7.55. The van der Waals surface area contributed by atoms with E-state index in [1.807, 2.05) is 37.4 Å². The van der Waals surface area contributed by atoms with Crippen molar-refractivity contribution in [3.8, 4) is 11.5 Å². The molecule has 1 aromatic heterocycles. The first-order valence-corrected chi connectivity index (χ1v) is 10.8. The molecule has 3 aromatic carbocycles. The topological polar surface area (TPSA) is 63.2 Å². The van der Waals surface area contributed by atoms with Gasteiger partial charge >= 0.3 is 0 Å². The normalized spacial score (nSPS) is 11.3. The average molecular weight is 465 g/mol. The fourth-order valence-electron chi connectivity index (χ4n) is 3.36. The van der Waals surface area contributed by atoms with Gasteiger partial charge in [-0.3, -0.25) is 9.78 Å². The first-order valence-electron chi connectivity index (χ1n) is 10.2. The number of carbonyl (C=O) groups is 1. The van der Waals surface area contributed by atoms with Crippen molar-refractivity contribution < 1.29 is 18.3 Å². The van der Waals surface area contributed by atoms with E-state index in [1.54, 1.807) is 24.4 Å². The number of nitrogens with one attached hydrogen (secondary N) is 2. The van der Waals surface area contributed by atoms with E-state index in [0.717, 1.165) is 22.2 Å². The first kappa shape index (κ1) is 22.6. The van der Waals surface area contributed by atoms with Crippen LogP contribution in [0.15, 0.2) is 79.0 Å². The van der Waals surface area contributed by atoms with Gasteiger partial charge in [0.15, 0.2) is 0 Å². The molecule has 0 saturated carbocycles. The molecule has 0 bridgehead atoms. The van der Waals surface area contributed by atoms with E-state index >= 15 is 0 Å². The SMILES string of the molecule is CNc1ccnc(CNC(=O)c2ccc3c(Oc4ccc(C(F)(F)P)cc4)cccc3c2)c1. The van der Waals surface area contributed by atoms with Crippen LogP contribution in [0.1, 0.15) is 21.6 Å². The Morgan fingerprint density at radius 3 is 2.58 bits per heavy atom. The highest BCUT2D eigenvalue weighted by atomic mass is 31.0. The Hall–Kier alpha value is -3.57. The highest BCUT2D eigenvalue weighted by molar-refractivity contribution is 7.17. The zero-order valence-electron chi connectivity index (χ0n) is 17.8. The standard InChI is InChI=1S/C25H22F2N3O2P/c1-28-19-11-12-29-20(14-19)15-30-24(31)17-5-10-22-16(13-17)3-2-4-23(22)32-21-8-6-18(7-9-21)25(26,27)33/h2-14H,15,33H2,1H3,(H,28,29)(H,30,31). The molecule has 1 amide bonds. The Kier molecular flexibility index (Phi) is 6.52. The van der Waals surface area contributed by atoms with Gasteiger partial charge in [0.1, 0.15) is 11.5 Å². The summed E-state index contributed by atoms with van der Waals surface area (Å²) in [5.41, 5.74) is -0.917. The number of fused-ring (bicyclic) bond motifs is 1. The largest absolute Gasteiger partial charge is 0.457 e. The lowest BCUT2D eigenvalue weighted by Crippen LogP contribution is -2.23. The van der Waals surface area contributed by atoms with Crippen LogP contribution in [0, 0.1) is 0 Å². The molecule has 168 valence electrons. The number of hydrogen-bond acceptors (Lipinski definition) is 4. The summed E-state index contributed by atoms with van der Waals surface area (Å²) in [5.74, 6) is 0.797. The monoisotopic (exact) mass is 465 g/mol. The van der Waals surface area contributed by atoms with E-state index in [9.17, 15) is 13.6 Å². The third-order valence-electron chi connectivity index (χ3n) is 5.10. The highest BCUT2D eigenvalue weighted by Crippen LogP contribution is 2.36. The Morgan fingerprint density at radius 2 is 1.85 bits per heavy atom. The van der Waals surface area contributed by atoms with Gasteiger partial charge in [-0.15, -0.1) is 0 Å². The number of rotatable bonds is 7. The summed E-state index contributed by atoms with van der Waals surface area (Å²) < 4.78 is 32.7. The van der Waals surface area contributed by atoms with Crippen molar-refractivity contribution in [3.63, 3.8) is 0 Å². The highest BCUT2D eigenvalue weighted by Gasteiger charge is 2.24. The first-order chi connectivity index (χ1) is 15.8. The molecule has 0 aliphatic rings. The van der Waals surface area contributed by atoms with E-state index in [2.05, 4.69) is 15.6 Å². The summed E-state index contributed by atoms with van der Waals surface area (Å²) in [7, 11) is 3.34. The summed E-state index contributed by atoms with van der Waals surface area (Å²) in [6.45, 7) is 0.306. The van der Waals surface area contributed by atoms with E-state index in [4.69, 9.17) is 4.74 Å². The second kappa shape index (κ2) is 9.51. The van der Waals surface area contributed by atoms with Crippen LogP contribution in [-0.4, -0.2) is 17.9 Å². The lowest BCUT2D eigenvalue weighted by Gasteiger charge is -2.13. The minimum Gasteiger partial charge on any atom is -0.457 e. The molecule has 33 heavy (non-hydrogen) atoms. The lowest BCUT2D eigenvalue weighted by atomic mass is 10.1. The van der Waals surface area contributed by atoms with Crippen LogP contribution in [-0.2, 0) is 12.2 Å². The zero-order chi connectivity index (χ0) is 23.4. The Balaban J connectivity index is 1.50. The van der Waals surface area contributed by atoms with Crippen LogP contribution >= 0.6 is 9.24 Å². The molecule has 0 aliphatic heterocycles. The second-order valence-electron chi connectivity index (χ2n) is 7.41. The minimum atomic E-state index is -2.99. The molecule has 5 nitrogen and oxygen atoms in total. The van der Waals surface area contributed by atoms with Gasteiger partial charge in [-0.25, -0.2) is 0 Å². The number of hydrogen-bond donors (Lipinski definition) is 2. The van der Waals surface area contributed by atoms with Crippen LogP contribution in [0.5, 0.6) is 11.5 Å². The number of anilines is 1. The molecule has 8 heteroatoms. The number of halogens is 2. The zero-order valence-corrected chi connectivity index (χ0v) is 19.0. The molecular formula is C25H22F2N3O2P. The maximum atomic E-state index is 13.4. The van der Waals surface area contributed by atoms with Gasteiger partial charge in [0.2, 0.25) is 0 Å². The maximum Gasteiger partial charge on any atom is 0.283 e. The molecule has 1 heterocycles. The van der Waals surface area contributed by atoms with Crippen molar-refractivity contribution in [2.24, 2.45) is 0 Å². The molecule has 2 N–H and O–H groups in total. The second-order valence-corrected chi connectivity index (χ2v) is 8.14.